The van der Waals surface area contributed by atoms with E-state index in [1.54, 1.807) is 0 Å². The van der Waals surface area contributed by atoms with E-state index in [-0.39, 0.29) is 0 Å². The number of aryl methyl sites for hydroxylation is 1. The first-order valence-electron chi connectivity index (χ1n) is 5.88. The van der Waals surface area contributed by atoms with Crippen molar-refractivity contribution in [2.45, 2.75) is 12.8 Å². The smallest absolute Gasteiger partial charge is 0.131 e. The van der Waals surface area contributed by atoms with Crippen LogP contribution >= 0.6 is 0 Å². The van der Waals surface area contributed by atoms with Crippen LogP contribution < -0.4 is 10.6 Å². The van der Waals surface area contributed by atoms with Gasteiger partial charge in [-0.15, -0.1) is 0 Å². The van der Waals surface area contributed by atoms with Crippen LogP contribution in [0.4, 0.5) is 5.82 Å². The van der Waals surface area contributed by atoms with Crippen LogP contribution in [0.1, 0.15) is 12.0 Å². The van der Waals surface area contributed by atoms with Gasteiger partial charge in [0.1, 0.15) is 5.82 Å². The van der Waals surface area contributed by atoms with Crippen molar-refractivity contribution in [2.75, 3.05) is 37.7 Å². The fourth-order valence-electron chi connectivity index (χ4n) is 1.98. The minimum atomic E-state index is 0.734. The molecule has 1 aliphatic rings. The number of hydrogen-bond donors (Lipinski definition) is 1. The Morgan fingerprint density at radius 1 is 1.38 bits per heavy atom. The Morgan fingerprint density at radius 2 is 2.19 bits per heavy atom. The molecule has 0 unspecified atom stereocenters. The van der Waals surface area contributed by atoms with Crippen LogP contribution in [0.3, 0.4) is 0 Å². The van der Waals surface area contributed by atoms with Crippen molar-refractivity contribution in [1.29, 1.82) is 0 Å². The first-order valence-corrected chi connectivity index (χ1v) is 5.88. The lowest BCUT2D eigenvalue weighted by atomic mass is 10.1. The molecule has 16 heavy (non-hydrogen) atoms. The molecule has 88 valence electrons. The van der Waals surface area contributed by atoms with Gasteiger partial charge < -0.3 is 15.4 Å². The van der Waals surface area contributed by atoms with Crippen LogP contribution in [-0.2, 0) is 11.2 Å². The zero-order valence-corrected chi connectivity index (χ0v) is 9.56. The molecular weight excluding hydrogens is 202 g/mol. The molecule has 0 amide bonds. The van der Waals surface area contributed by atoms with Crippen molar-refractivity contribution >= 4 is 5.82 Å². The summed E-state index contributed by atoms with van der Waals surface area (Å²) in [5, 5.41) is 0. The minimum absolute atomic E-state index is 0.734. The fraction of sp³-hybridized carbons (Fsp3) is 0.583. The summed E-state index contributed by atoms with van der Waals surface area (Å²) < 4.78 is 5.35. The van der Waals surface area contributed by atoms with Crippen LogP contribution in [0.15, 0.2) is 18.3 Å². The Balaban J connectivity index is 2.11. The predicted molar refractivity (Wildman–Crippen MR) is 64.6 cm³/mol. The standard InChI is InChI=1S/C12H19N3O/c13-5-1-3-11-4-2-6-14-12(11)15-7-9-16-10-8-15/h2,4,6H,1,3,5,7-10,13H2. The topological polar surface area (TPSA) is 51.4 Å². The highest BCUT2D eigenvalue weighted by atomic mass is 16.5. The summed E-state index contributed by atoms with van der Waals surface area (Å²) in [4.78, 5) is 6.79. The Morgan fingerprint density at radius 3 is 2.94 bits per heavy atom. The minimum Gasteiger partial charge on any atom is -0.378 e. The van der Waals surface area contributed by atoms with Gasteiger partial charge in [-0.05, 0) is 31.0 Å². The van der Waals surface area contributed by atoms with Crippen LogP contribution in [0, 0.1) is 0 Å². The van der Waals surface area contributed by atoms with Gasteiger partial charge in [0.2, 0.25) is 0 Å². The van der Waals surface area contributed by atoms with E-state index in [4.69, 9.17) is 10.5 Å². The number of hydrogen-bond acceptors (Lipinski definition) is 4. The normalized spacial score (nSPS) is 16.4. The molecule has 0 aromatic carbocycles. The highest BCUT2D eigenvalue weighted by Crippen LogP contribution is 2.19. The highest BCUT2D eigenvalue weighted by molar-refractivity contribution is 5.47. The first-order chi connectivity index (χ1) is 7.92. The predicted octanol–water partition coefficient (Wildman–Crippen LogP) is 0.809. The van der Waals surface area contributed by atoms with Crippen LogP contribution in [-0.4, -0.2) is 37.8 Å². The van der Waals surface area contributed by atoms with Gasteiger partial charge in [-0.25, -0.2) is 4.98 Å². The van der Waals surface area contributed by atoms with Crippen LogP contribution in [0.25, 0.3) is 0 Å². The number of anilines is 1. The maximum Gasteiger partial charge on any atom is 0.131 e. The summed E-state index contributed by atoms with van der Waals surface area (Å²) in [6.07, 6.45) is 3.89. The van der Waals surface area contributed by atoms with Gasteiger partial charge in [0.25, 0.3) is 0 Å². The van der Waals surface area contributed by atoms with Crippen molar-refractivity contribution in [3.63, 3.8) is 0 Å². The molecule has 1 fully saturated rings. The monoisotopic (exact) mass is 221 g/mol. The summed E-state index contributed by atoms with van der Waals surface area (Å²) in [6, 6.07) is 4.14. The maximum absolute atomic E-state index is 5.55. The van der Waals surface area contributed by atoms with Crippen molar-refractivity contribution in [3.05, 3.63) is 23.9 Å². The second-order valence-corrected chi connectivity index (χ2v) is 3.98. The lowest BCUT2D eigenvalue weighted by Crippen LogP contribution is -2.37. The van der Waals surface area contributed by atoms with Crippen LogP contribution in [0.5, 0.6) is 0 Å². The van der Waals surface area contributed by atoms with E-state index in [0.717, 1.165) is 51.5 Å². The number of pyridine rings is 1. The molecular formula is C12H19N3O. The van der Waals surface area contributed by atoms with Crippen molar-refractivity contribution in [1.82, 2.24) is 4.98 Å². The van der Waals surface area contributed by atoms with Gasteiger partial charge >= 0.3 is 0 Å². The van der Waals surface area contributed by atoms with Crippen molar-refractivity contribution in [2.24, 2.45) is 5.73 Å². The third-order valence-corrected chi connectivity index (χ3v) is 2.83. The second kappa shape index (κ2) is 5.82. The van der Waals surface area contributed by atoms with Gasteiger partial charge in [0, 0.05) is 19.3 Å². The van der Waals surface area contributed by atoms with E-state index in [2.05, 4.69) is 16.0 Å². The lowest BCUT2D eigenvalue weighted by Gasteiger charge is -2.29. The molecule has 0 saturated carbocycles. The number of aromatic nitrogens is 1. The zero-order chi connectivity index (χ0) is 11.2. The molecule has 0 aliphatic carbocycles. The average molecular weight is 221 g/mol. The molecule has 2 heterocycles. The summed E-state index contributed by atoms with van der Waals surface area (Å²) in [7, 11) is 0. The Hall–Kier alpha value is -1.13. The van der Waals surface area contributed by atoms with Gasteiger partial charge in [-0.2, -0.15) is 0 Å². The molecule has 0 bridgehead atoms. The van der Waals surface area contributed by atoms with Crippen LogP contribution in [0.2, 0.25) is 0 Å². The summed E-state index contributed by atoms with van der Waals surface area (Å²) in [5.41, 5.74) is 6.85. The van der Waals surface area contributed by atoms with E-state index in [1.807, 2.05) is 12.3 Å². The fourth-order valence-corrected chi connectivity index (χ4v) is 1.98. The SMILES string of the molecule is NCCCc1cccnc1N1CCOCC1. The third-order valence-electron chi connectivity index (χ3n) is 2.83. The molecule has 1 aromatic rings. The van der Waals surface area contributed by atoms with Crippen molar-refractivity contribution in [3.8, 4) is 0 Å². The molecule has 1 aromatic heterocycles. The summed E-state index contributed by atoms with van der Waals surface area (Å²) in [6.45, 7) is 4.20. The van der Waals surface area contributed by atoms with Gasteiger partial charge in [-0.1, -0.05) is 6.07 Å². The molecule has 4 nitrogen and oxygen atoms in total. The Kier molecular flexibility index (Phi) is 4.13. The molecule has 0 spiro atoms. The largest absolute Gasteiger partial charge is 0.378 e. The Bertz CT molecular complexity index is 324. The molecule has 1 saturated heterocycles. The summed E-state index contributed by atoms with van der Waals surface area (Å²) >= 11 is 0. The molecule has 2 N–H and O–H groups in total. The van der Waals surface area contributed by atoms with E-state index in [9.17, 15) is 0 Å². The zero-order valence-electron chi connectivity index (χ0n) is 9.56. The quantitative estimate of drug-likeness (QED) is 0.817. The molecule has 2 rings (SSSR count). The number of rotatable bonds is 4. The van der Waals surface area contributed by atoms with Gasteiger partial charge in [-0.3, -0.25) is 0 Å². The van der Waals surface area contributed by atoms with Gasteiger partial charge in [0.05, 0.1) is 13.2 Å². The highest BCUT2D eigenvalue weighted by Gasteiger charge is 2.15. The van der Waals surface area contributed by atoms with E-state index < -0.39 is 0 Å². The van der Waals surface area contributed by atoms with Crippen molar-refractivity contribution < 1.29 is 4.74 Å². The third kappa shape index (κ3) is 2.71. The molecule has 4 heteroatoms. The first kappa shape index (κ1) is 11.4. The van der Waals surface area contributed by atoms with E-state index >= 15 is 0 Å². The number of ether oxygens (including phenoxy) is 1. The van der Waals surface area contributed by atoms with Gasteiger partial charge in [0.15, 0.2) is 0 Å². The van der Waals surface area contributed by atoms with E-state index in [1.165, 1.54) is 5.56 Å². The molecule has 0 radical (unpaired) electrons. The summed E-state index contributed by atoms with van der Waals surface area (Å²) in [5.74, 6) is 1.11. The maximum atomic E-state index is 5.55. The van der Waals surface area contributed by atoms with E-state index in [0.29, 0.717) is 0 Å². The Labute approximate surface area is 96.4 Å². The molecule has 0 atom stereocenters. The number of morpholine rings is 1. The lowest BCUT2D eigenvalue weighted by molar-refractivity contribution is 0.122. The molecule has 1 aliphatic heterocycles. The number of nitrogens with two attached hydrogens (primary N) is 1. The number of nitrogens with zero attached hydrogens (tertiary/aromatic N) is 2. The second-order valence-electron chi connectivity index (χ2n) is 3.98. The average Bonchev–Trinajstić information content (AvgIpc) is 2.38.